The van der Waals surface area contributed by atoms with E-state index in [2.05, 4.69) is 10.3 Å². The third kappa shape index (κ3) is 5.38. The van der Waals surface area contributed by atoms with Crippen LogP contribution < -0.4 is 10.9 Å². The summed E-state index contributed by atoms with van der Waals surface area (Å²) in [5, 5.41) is 3.81. The maximum atomic E-state index is 13.3. The van der Waals surface area contributed by atoms with Crippen LogP contribution in [0.1, 0.15) is 12.5 Å². The van der Waals surface area contributed by atoms with E-state index in [1.54, 1.807) is 61.5 Å². The summed E-state index contributed by atoms with van der Waals surface area (Å²) in [6.07, 6.45) is 0. The molecular formula is C24H18Cl2FN3O2S. The third-order valence-corrected chi connectivity index (χ3v) is 6.57. The van der Waals surface area contributed by atoms with Crippen molar-refractivity contribution in [2.75, 3.05) is 5.32 Å². The van der Waals surface area contributed by atoms with E-state index in [9.17, 15) is 14.0 Å². The Morgan fingerprint density at radius 2 is 1.85 bits per heavy atom. The molecule has 0 fully saturated rings. The van der Waals surface area contributed by atoms with Gasteiger partial charge < -0.3 is 5.32 Å². The molecule has 0 aliphatic carbocycles. The monoisotopic (exact) mass is 501 g/mol. The maximum absolute atomic E-state index is 13.3. The number of nitrogens with one attached hydrogen (secondary N) is 1. The smallest absolute Gasteiger partial charge is 0.262 e. The minimum atomic E-state index is -0.604. The molecule has 0 bridgehead atoms. The second-order valence-electron chi connectivity index (χ2n) is 7.30. The average molecular weight is 502 g/mol. The molecule has 0 saturated heterocycles. The zero-order valence-corrected chi connectivity index (χ0v) is 19.7. The first-order valence-corrected chi connectivity index (χ1v) is 11.6. The molecule has 5 nitrogen and oxygen atoms in total. The lowest BCUT2D eigenvalue weighted by Gasteiger charge is -2.17. The summed E-state index contributed by atoms with van der Waals surface area (Å²) in [6, 6.07) is 17.7. The van der Waals surface area contributed by atoms with Crippen molar-refractivity contribution in [3.63, 3.8) is 0 Å². The minimum Gasteiger partial charge on any atom is -0.324 e. The number of fused-ring (bicyclic) bond motifs is 1. The molecule has 1 aromatic heterocycles. The molecule has 0 spiro atoms. The summed E-state index contributed by atoms with van der Waals surface area (Å²) in [7, 11) is 0. The Morgan fingerprint density at radius 1 is 1.12 bits per heavy atom. The minimum absolute atomic E-state index is 0.188. The summed E-state index contributed by atoms with van der Waals surface area (Å²) in [5.74, 6) is -0.679. The molecule has 3 aromatic carbocycles. The predicted octanol–water partition coefficient (Wildman–Crippen LogP) is 6.01. The van der Waals surface area contributed by atoms with Crippen molar-refractivity contribution >= 4 is 57.5 Å². The predicted molar refractivity (Wildman–Crippen MR) is 132 cm³/mol. The lowest BCUT2D eigenvalue weighted by molar-refractivity contribution is -0.115. The van der Waals surface area contributed by atoms with Gasteiger partial charge in [-0.15, -0.1) is 0 Å². The van der Waals surface area contributed by atoms with Crippen LogP contribution in [0.15, 0.2) is 76.7 Å². The van der Waals surface area contributed by atoms with Gasteiger partial charge >= 0.3 is 0 Å². The largest absolute Gasteiger partial charge is 0.324 e. The number of anilines is 1. The van der Waals surface area contributed by atoms with Crippen LogP contribution >= 0.6 is 35.0 Å². The molecule has 1 N–H and O–H groups in total. The molecule has 0 aliphatic rings. The molecule has 1 amide bonds. The Kier molecular flexibility index (Phi) is 7.02. The maximum Gasteiger partial charge on any atom is 0.262 e. The summed E-state index contributed by atoms with van der Waals surface area (Å²) >= 11 is 13.3. The van der Waals surface area contributed by atoms with E-state index < -0.39 is 5.25 Å². The molecule has 0 saturated carbocycles. The number of carbonyl (C=O) groups is 1. The zero-order valence-electron chi connectivity index (χ0n) is 17.4. The van der Waals surface area contributed by atoms with Gasteiger partial charge in [0.15, 0.2) is 5.16 Å². The number of aromatic nitrogens is 2. The SMILES string of the molecule is C[C@H](Sc1nc2ccccc2c(=O)n1Cc1ccc(F)cc1)C(=O)Nc1cc(Cl)ccc1Cl. The number of amides is 1. The van der Waals surface area contributed by atoms with Crippen molar-refractivity contribution in [3.05, 3.63) is 98.5 Å². The lowest BCUT2D eigenvalue weighted by atomic mass is 10.2. The summed E-state index contributed by atoms with van der Waals surface area (Å²) in [4.78, 5) is 30.7. The molecule has 168 valence electrons. The number of hydrogen-bond donors (Lipinski definition) is 1. The van der Waals surface area contributed by atoms with Gasteiger partial charge in [0.1, 0.15) is 5.82 Å². The Hall–Kier alpha value is -2.87. The van der Waals surface area contributed by atoms with Gasteiger partial charge in [-0.2, -0.15) is 0 Å². The fourth-order valence-electron chi connectivity index (χ4n) is 3.19. The van der Waals surface area contributed by atoms with E-state index in [4.69, 9.17) is 23.2 Å². The van der Waals surface area contributed by atoms with Crippen LogP contribution in [0.3, 0.4) is 0 Å². The van der Waals surface area contributed by atoms with Crippen LogP contribution in [0.4, 0.5) is 10.1 Å². The summed E-state index contributed by atoms with van der Waals surface area (Å²) in [5.41, 5.74) is 1.43. The Bertz CT molecular complexity index is 1390. The second kappa shape index (κ2) is 9.95. The standard InChI is InChI=1S/C24H18Cl2FN3O2S/c1-14(22(31)28-21-12-16(25)8-11-19(21)26)33-24-29-20-5-3-2-4-18(20)23(32)30(24)13-15-6-9-17(27)10-7-15/h2-12,14H,13H2,1H3,(H,28,31)/t14-/m0/s1. The highest BCUT2D eigenvalue weighted by Crippen LogP contribution is 2.28. The molecule has 0 unspecified atom stereocenters. The number of halogens is 3. The average Bonchev–Trinajstić information content (AvgIpc) is 2.80. The Balaban J connectivity index is 1.66. The second-order valence-corrected chi connectivity index (χ2v) is 9.45. The van der Waals surface area contributed by atoms with Crippen molar-refractivity contribution < 1.29 is 9.18 Å². The summed E-state index contributed by atoms with van der Waals surface area (Å²) < 4.78 is 14.8. The highest BCUT2D eigenvalue weighted by Gasteiger charge is 2.20. The van der Waals surface area contributed by atoms with Crippen molar-refractivity contribution in [1.29, 1.82) is 0 Å². The molecule has 9 heteroatoms. The van der Waals surface area contributed by atoms with E-state index >= 15 is 0 Å². The van der Waals surface area contributed by atoms with Crippen molar-refractivity contribution in [3.8, 4) is 0 Å². The quantitative estimate of drug-likeness (QED) is 0.259. The number of hydrogen-bond acceptors (Lipinski definition) is 4. The number of rotatable bonds is 6. The number of nitrogens with zero attached hydrogens (tertiary/aromatic N) is 2. The number of para-hydroxylation sites is 1. The van der Waals surface area contributed by atoms with E-state index in [1.165, 1.54) is 16.7 Å². The van der Waals surface area contributed by atoms with E-state index in [0.717, 1.165) is 17.3 Å². The summed E-state index contributed by atoms with van der Waals surface area (Å²) in [6.45, 7) is 1.90. The highest BCUT2D eigenvalue weighted by molar-refractivity contribution is 8.00. The fraction of sp³-hybridized carbons (Fsp3) is 0.125. The van der Waals surface area contributed by atoms with Gasteiger partial charge in [0.2, 0.25) is 5.91 Å². The van der Waals surface area contributed by atoms with Gasteiger partial charge in [0, 0.05) is 5.02 Å². The molecule has 1 heterocycles. The molecule has 0 radical (unpaired) electrons. The molecule has 4 aromatic rings. The van der Waals surface area contributed by atoms with Crippen LogP contribution in [0.25, 0.3) is 10.9 Å². The fourth-order valence-corrected chi connectivity index (χ4v) is 4.43. The zero-order chi connectivity index (χ0) is 23.5. The van der Waals surface area contributed by atoms with Crippen LogP contribution in [0.2, 0.25) is 10.0 Å². The number of carbonyl (C=O) groups excluding carboxylic acids is 1. The van der Waals surface area contributed by atoms with E-state index in [0.29, 0.717) is 31.8 Å². The van der Waals surface area contributed by atoms with Gasteiger partial charge in [-0.05, 0) is 55.0 Å². The van der Waals surface area contributed by atoms with Gasteiger partial charge in [0.05, 0.1) is 33.4 Å². The van der Waals surface area contributed by atoms with Crippen LogP contribution in [0, 0.1) is 5.82 Å². The number of benzene rings is 3. The van der Waals surface area contributed by atoms with Gasteiger partial charge in [0.25, 0.3) is 5.56 Å². The molecule has 33 heavy (non-hydrogen) atoms. The van der Waals surface area contributed by atoms with Crippen molar-refractivity contribution in [1.82, 2.24) is 9.55 Å². The highest BCUT2D eigenvalue weighted by atomic mass is 35.5. The first-order valence-electron chi connectivity index (χ1n) is 9.98. The lowest BCUT2D eigenvalue weighted by Crippen LogP contribution is -2.27. The van der Waals surface area contributed by atoms with E-state index in [-0.39, 0.29) is 23.8 Å². The molecule has 1 atom stereocenters. The van der Waals surface area contributed by atoms with Crippen LogP contribution in [-0.4, -0.2) is 20.7 Å². The first kappa shape index (κ1) is 23.3. The first-order chi connectivity index (χ1) is 15.8. The topological polar surface area (TPSA) is 64.0 Å². The number of thioether (sulfide) groups is 1. The molecule has 0 aliphatic heterocycles. The van der Waals surface area contributed by atoms with Crippen molar-refractivity contribution in [2.24, 2.45) is 0 Å². The van der Waals surface area contributed by atoms with Crippen LogP contribution in [-0.2, 0) is 11.3 Å². The van der Waals surface area contributed by atoms with Gasteiger partial charge in [-0.1, -0.05) is 59.2 Å². The van der Waals surface area contributed by atoms with E-state index in [1.807, 2.05) is 0 Å². The molecule has 4 rings (SSSR count). The third-order valence-electron chi connectivity index (χ3n) is 4.92. The van der Waals surface area contributed by atoms with Crippen LogP contribution in [0.5, 0.6) is 0 Å². The van der Waals surface area contributed by atoms with Crippen molar-refractivity contribution in [2.45, 2.75) is 23.9 Å². The molecular weight excluding hydrogens is 484 g/mol. The van der Waals surface area contributed by atoms with Gasteiger partial charge in [-0.3, -0.25) is 14.2 Å². The Labute approximate surface area is 203 Å². The normalized spacial score (nSPS) is 12.0. The van der Waals surface area contributed by atoms with Gasteiger partial charge in [-0.25, -0.2) is 9.37 Å². The Morgan fingerprint density at radius 3 is 2.61 bits per heavy atom.